The van der Waals surface area contributed by atoms with Crippen LogP contribution in [0.2, 0.25) is 0 Å². The first-order valence-corrected chi connectivity index (χ1v) is 6.28. The molecule has 0 aliphatic carbocycles. The molecule has 1 aliphatic rings. The average molecular weight is 245 g/mol. The lowest BCUT2D eigenvalue weighted by molar-refractivity contribution is 0.606. The van der Waals surface area contributed by atoms with E-state index < -0.39 is 0 Å². The number of aryl methyl sites for hydroxylation is 1. The molecule has 1 atom stereocenters. The Morgan fingerprint density at radius 3 is 3.06 bits per heavy atom. The van der Waals surface area contributed by atoms with Crippen molar-refractivity contribution in [3.8, 4) is 5.69 Å². The third-order valence-electron chi connectivity index (χ3n) is 3.52. The second-order valence-corrected chi connectivity index (χ2v) is 4.77. The second-order valence-electron chi connectivity index (χ2n) is 4.77. The van der Waals surface area contributed by atoms with E-state index >= 15 is 0 Å². The smallest absolute Gasteiger partial charge is 0.128 e. The predicted octanol–water partition coefficient (Wildman–Crippen LogP) is 2.74. The summed E-state index contributed by atoms with van der Waals surface area (Å²) in [7, 11) is 0. The van der Waals surface area contributed by atoms with Gasteiger partial charge in [0.05, 0.1) is 18.2 Å². The number of rotatable bonds is 2. The van der Waals surface area contributed by atoms with E-state index in [0.717, 1.165) is 24.3 Å². The molecule has 2 aromatic rings. The van der Waals surface area contributed by atoms with Crippen molar-refractivity contribution in [3.05, 3.63) is 47.8 Å². The molecule has 2 heterocycles. The molecule has 4 heteroatoms. The summed E-state index contributed by atoms with van der Waals surface area (Å²) in [6.45, 7) is 2.81. The lowest BCUT2D eigenvalue weighted by atomic mass is 10.1. The Labute approximate surface area is 106 Å². The number of hydrogen-bond donors (Lipinski definition) is 1. The van der Waals surface area contributed by atoms with Crippen LogP contribution in [0.4, 0.5) is 4.39 Å². The highest BCUT2D eigenvalue weighted by Crippen LogP contribution is 2.25. The number of aromatic nitrogens is 2. The molecule has 0 radical (unpaired) electrons. The van der Waals surface area contributed by atoms with Gasteiger partial charge in [-0.15, -0.1) is 0 Å². The van der Waals surface area contributed by atoms with Crippen molar-refractivity contribution in [3.63, 3.8) is 0 Å². The highest BCUT2D eigenvalue weighted by molar-refractivity contribution is 5.37. The SMILES string of the molecule is Cc1ccc(-n2cncc2C2CCCN2)cc1F. The molecule has 1 aromatic carbocycles. The van der Waals surface area contributed by atoms with Gasteiger partial charge in [-0.2, -0.15) is 0 Å². The second kappa shape index (κ2) is 4.53. The molecular formula is C14H16FN3. The molecule has 0 spiro atoms. The van der Waals surface area contributed by atoms with Crippen LogP contribution in [0.25, 0.3) is 5.69 Å². The minimum atomic E-state index is -0.175. The molecule has 0 bridgehead atoms. The van der Waals surface area contributed by atoms with E-state index in [4.69, 9.17) is 0 Å². The van der Waals surface area contributed by atoms with Crippen LogP contribution in [0, 0.1) is 12.7 Å². The third-order valence-corrected chi connectivity index (χ3v) is 3.52. The van der Waals surface area contributed by atoms with Crippen molar-refractivity contribution in [1.82, 2.24) is 14.9 Å². The molecular weight excluding hydrogens is 229 g/mol. The molecule has 0 saturated carbocycles. The summed E-state index contributed by atoms with van der Waals surface area (Å²) in [5.74, 6) is -0.175. The van der Waals surface area contributed by atoms with Gasteiger partial charge in [-0.1, -0.05) is 6.07 Å². The molecule has 1 unspecified atom stereocenters. The summed E-state index contributed by atoms with van der Waals surface area (Å²) in [5.41, 5.74) is 2.61. The molecule has 1 saturated heterocycles. The average Bonchev–Trinajstić information content (AvgIpc) is 3.00. The van der Waals surface area contributed by atoms with E-state index in [9.17, 15) is 4.39 Å². The Morgan fingerprint density at radius 1 is 1.44 bits per heavy atom. The number of halogens is 1. The maximum atomic E-state index is 13.6. The summed E-state index contributed by atoms with van der Waals surface area (Å²) in [6, 6.07) is 5.63. The highest BCUT2D eigenvalue weighted by atomic mass is 19.1. The van der Waals surface area contributed by atoms with Gasteiger partial charge in [-0.05, 0) is 44.0 Å². The molecule has 3 nitrogen and oxygen atoms in total. The molecule has 1 aliphatic heterocycles. The fourth-order valence-electron chi connectivity index (χ4n) is 2.45. The van der Waals surface area contributed by atoms with Gasteiger partial charge in [-0.3, -0.25) is 0 Å². The quantitative estimate of drug-likeness (QED) is 0.881. The van der Waals surface area contributed by atoms with E-state index in [1.807, 2.05) is 16.8 Å². The van der Waals surface area contributed by atoms with Gasteiger partial charge in [0.2, 0.25) is 0 Å². The van der Waals surface area contributed by atoms with Crippen LogP contribution in [-0.2, 0) is 0 Å². The normalized spacial score (nSPS) is 19.3. The number of nitrogens with zero attached hydrogens (tertiary/aromatic N) is 2. The minimum Gasteiger partial charge on any atom is -0.309 e. The van der Waals surface area contributed by atoms with E-state index in [0.29, 0.717) is 11.6 Å². The fraction of sp³-hybridized carbons (Fsp3) is 0.357. The van der Waals surface area contributed by atoms with Gasteiger partial charge in [0, 0.05) is 11.7 Å². The minimum absolute atomic E-state index is 0.175. The van der Waals surface area contributed by atoms with Gasteiger partial charge >= 0.3 is 0 Å². The summed E-state index contributed by atoms with van der Waals surface area (Å²) in [5, 5.41) is 3.44. The molecule has 3 rings (SSSR count). The molecule has 18 heavy (non-hydrogen) atoms. The molecule has 94 valence electrons. The van der Waals surface area contributed by atoms with Crippen LogP contribution in [0.3, 0.4) is 0 Å². The van der Waals surface area contributed by atoms with Crippen molar-refractivity contribution in [2.24, 2.45) is 0 Å². The summed E-state index contributed by atoms with van der Waals surface area (Å²) >= 11 is 0. The van der Waals surface area contributed by atoms with Gasteiger partial charge in [0.15, 0.2) is 0 Å². The lowest BCUT2D eigenvalue weighted by Crippen LogP contribution is -2.16. The van der Waals surface area contributed by atoms with Crippen LogP contribution in [-0.4, -0.2) is 16.1 Å². The van der Waals surface area contributed by atoms with Crippen molar-refractivity contribution in [1.29, 1.82) is 0 Å². The Hall–Kier alpha value is -1.68. The topological polar surface area (TPSA) is 29.9 Å². The first-order chi connectivity index (χ1) is 8.75. The Bertz CT molecular complexity index is 556. The number of hydrogen-bond acceptors (Lipinski definition) is 2. The van der Waals surface area contributed by atoms with E-state index in [1.165, 1.54) is 6.42 Å². The Morgan fingerprint density at radius 2 is 2.33 bits per heavy atom. The van der Waals surface area contributed by atoms with Gasteiger partial charge in [-0.25, -0.2) is 9.37 Å². The highest BCUT2D eigenvalue weighted by Gasteiger charge is 2.20. The number of imidazole rings is 1. The first-order valence-electron chi connectivity index (χ1n) is 6.28. The van der Waals surface area contributed by atoms with E-state index in [1.54, 1.807) is 25.4 Å². The summed E-state index contributed by atoms with van der Waals surface area (Å²) in [6.07, 6.45) is 5.90. The van der Waals surface area contributed by atoms with Gasteiger partial charge < -0.3 is 9.88 Å². The molecule has 1 fully saturated rings. The molecule has 1 N–H and O–H groups in total. The van der Waals surface area contributed by atoms with Crippen molar-refractivity contribution < 1.29 is 4.39 Å². The van der Waals surface area contributed by atoms with Crippen LogP contribution >= 0.6 is 0 Å². The zero-order valence-corrected chi connectivity index (χ0v) is 10.4. The number of nitrogens with one attached hydrogen (secondary N) is 1. The summed E-state index contributed by atoms with van der Waals surface area (Å²) in [4.78, 5) is 4.20. The van der Waals surface area contributed by atoms with Crippen LogP contribution in [0.15, 0.2) is 30.7 Å². The van der Waals surface area contributed by atoms with Crippen molar-refractivity contribution >= 4 is 0 Å². The molecule has 0 amide bonds. The van der Waals surface area contributed by atoms with Crippen LogP contribution in [0.5, 0.6) is 0 Å². The fourth-order valence-corrected chi connectivity index (χ4v) is 2.45. The largest absolute Gasteiger partial charge is 0.309 e. The van der Waals surface area contributed by atoms with Crippen LogP contribution in [0.1, 0.15) is 30.1 Å². The molecule has 1 aromatic heterocycles. The lowest BCUT2D eigenvalue weighted by Gasteiger charge is -2.14. The monoisotopic (exact) mass is 245 g/mol. The standard InChI is InChI=1S/C14H16FN3/c1-10-4-5-11(7-12(10)15)18-9-16-8-14(18)13-3-2-6-17-13/h4-5,7-9,13,17H,2-3,6H2,1H3. The maximum absolute atomic E-state index is 13.6. The van der Waals surface area contributed by atoms with E-state index in [-0.39, 0.29) is 5.82 Å². The zero-order chi connectivity index (χ0) is 12.5. The van der Waals surface area contributed by atoms with E-state index in [2.05, 4.69) is 10.3 Å². The zero-order valence-electron chi connectivity index (χ0n) is 10.4. The Kier molecular flexibility index (Phi) is 2.88. The predicted molar refractivity (Wildman–Crippen MR) is 68.2 cm³/mol. The van der Waals surface area contributed by atoms with Crippen molar-refractivity contribution in [2.75, 3.05) is 6.54 Å². The van der Waals surface area contributed by atoms with Gasteiger partial charge in [0.1, 0.15) is 5.82 Å². The summed E-state index contributed by atoms with van der Waals surface area (Å²) < 4.78 is 15.6. The van der Waals surface area contributed by atoms with Crippen LogP contribution < -0.4 is 5.32 Å². The maximum Gasteiger partial charge on any atom is 0.128 e. The van der Waals surface area contributed by atoms with Gasteiger partial charge in [0.25, 0.3) is 0 Å². The first kappa shape index (κ1) is 11.4. The van der Waals surface area contributed by atoms with Crippen molar-refractivity contribution in [2.45, 2.75) is 25.8 Å². The Balaban J connectivity index is 2.00. The third kappa shape index (κ3) is 1.93. The number of benzene rings is 1.